The van der Waals surface area contributed by atoms with Gasteiger partial charge in [-0.2, -0.15) is 0 Å². The van der Waals surface area contributed by atoms with Crippen molar-refractivity contribution in [3.05, 3.63) is 83.2 Å². The van der Waals surface area contributed by atoms with Crippen molar-refractivity contribution in [2.75, 3.05) is 0 Å². The molecule has 2 aliphatic carbocycles. The monoisotopic (exact) mass is 513 g/mol. The topological polar surface area (TPSA) is 12.4 Å². The second kappa shape index (κ2) is 11.7. The summed E-state index contributed by atoms with van der Waals surface area (Å²) in [7, 11) is 0. The lowest BCUT2D eigenvalue weighted by Crippen LogP contribution is -2.37. The van der Waals surface area contributed by atoms with Crippen molar-refractivity contribution in [2.45, 2.75) is 70.0 Å². The Balaban J connectivity index is 1.75. The lowest BCUT2D eigenvalue weighted by molar-refractivity contribution is 0.177. The number of isothiocyanates is 1. The van der Waals surface area contributed by atoms with Crippen molar-refractivity contribution in [3.8, 4) is 11.1 Å². The number of aliphatic imine (C=N–C) groups is 1. The molecular formula is C30H31F4NS. The zero-order chi connectivity index (χ0) is 25.7. The standard InChI is InChI=1S/C30H31F4NS/c1-2-3-5-8-20-11-13-21(14-12-20)23-15-27(33)29(35-19-36)30(34,18-23)28-25(16-24(31)17-26(28)32)22-9-6-4-7-10-22/h4,6-7,9-10,15-18,20-21,29H,2-3,5,8,11-14H2,1H3/t20-,21-,29?,30?. The smallest absolute Gasteiger partial charge is 0.187 e. The van der Waals surface area contributed by atoms with Crippen molar-refractivity contribution in [1.29, 1.82) is 0 Å². The minimum absolute atomic E-state index is 0.0186. The average molecular weight is 514 g/mol. The molecule has 1 saturated carbocycles. The van der Waals surface area contributed by atoms with Gasteiger partial charge in [0.2, 0.25) is 0 Å². The van der Waals surface area contributed by atoms with Gasteiger partial charge in [-0.05, 0) is 84.7 Å². The molecule has 6 heteroatoms. The number of hydrogen-bond donors (Lipinski definition) is 0. The molecule has 36 heavy (non-hydrogen) atoms. The van der Waals surface area contributed by atoms with Crippen LogP contribution < -0.4 is 0 Å². The normalized spacial score (nSPS) is 26.1. The van der Waals surface area contributed by atoms with Gasteiger partial charge in [0.25, 0.3) is 0 Å². The van der Waals surface area contributed by atoms with E-state index in [1.807, 2.05) is 0 Å². The van der Waals surface area contributed by atoms with Crippen molar-refractivity contribution in [1.82, 2.24) is 0 Å². The van der Waals surface area contributed by atoms with Crippen LogP contribution in [0.15, 0.2) is 71.0 Å². The third kappa shape index (κ3) is 5.55. The number of hydrogen-bond acceptors (Lipinski definition) is 2. The molecule has 0 spiro atoms. The Bertz CT molecular complexity index is 1180. The summed E-state index contributed by atoms with van der Waals surface area (Å²) in [6.07, 6.45) is 11.1. The highest BCUT2D eigenvalue weighted by Gasteiger charge is 2.48. The summed E-state index contributed by atoms with van der Waals surface area (Å²) >= 11 is 4.68. The van der Waals surface area contributed by atoms with Crippen molar-refractivity contribution in [3.63, 3.8) is 0 Å². The van der Waals surface area contributed by atoms with E-state index in [4.69, 9.17) is 0 Å². The van der Waals surface area contributed by atoms with E-state index >= 15 is 13.2 Å². The average Bonchev–Trinajstić information content (AvgIpc) is 2.86. The number of allylic oxidation sites excluding steroid dienone is 2. The van der Waals surface area contributed by atoms with Crippen molar-refractivity contribution in [2.24, 2.45) is 16.8 Å². The molecule has 0 radical (unpaired) electrons. The van der Waals surface area contributed by atoms with Gasteiger partial charge in [-0.1, -0.05) is 62.9 Å². The predicted octanol–water partition coefficient (Wildman–Crippen LogP) is 9.45. The number of halogens is 4. The van der Waals surface area contributed by atoms with E-state index in [0.29, 0.717) is 23.1 Å². The Morgan fingerprint density at radius 2 is 1.75 bits per heavy atom. The number of rotatable bonds is 8. The molecule has 0 aromatic heterocycles. The van der Waals surface area contributed by atoms with Gasteiger partial charge in [-0.15, -0.1) is 0 Å². The van der Waals surface area contributed by atoms with E-state index in [1.165, 1.54) is 37.8 Å². The molecule has 1 fully saturated rings. The van der Waals surface area contributed by atoms with Gasteiger partial charge in [0, 0.05) is 11.6 Å². The van der Waals surface area contributed by atoms with Gasteiger partial charge in [0.15, 0.2) is 11.7 Å². The Morgan fingerprint density at radius 1 is 1.03 bits per heavy atom. The van der Waals surface area contributed by atoms with Crippen LogP contribution in [0.3, 0.4) is 0 Å². The molecule has 2 aliphatic rings. The number of alkyl halides is 1. The van der Waals surface area contributed by atoms with Gasteiger partial charge in [-0.25, -0.2) is 22.6 Å². The zero-order valence-corrected chi connectivity index (χ0v) is 21.3. The highest BCUT2D eigenvalue weighted by atomic mass is 32.1. The first kappa shape index (κ1) is 26.5. The summed E-state index contributed by atoms with van der Waals surface area (Å²) in [5.41, 5.74) is -2.19. The Labute approximate surface area is 216 Å². The molecule has 190 valence electrons. The lowest BCUT2D eigenvalue weighted by atomic mass is 9.72. The number of nitrogens with zero attached hydrogens (tertiary/aromatic N) is 1. The van der Waals surface area contributed by atoms with E-state index in [2.05, 4.69) is 29.3 Å². The minimum atomic E-state index is -2.69. The second-order valence-corrected chi connectivity index (χ2v) is 10.1. The third-order valence-electron chi connectivity index (χ3n) is 7.58. The van der Waals surface area contributed by atoms with Crippen LogP contribution in [0.1, 0.15) is 63.9 Å². The fourth-order valence-corrected chi connectivity index (χ4v) is 5.84. The maximum Gasteiger partial charge on any atom is 0.187 e. The van der Waals surface area contributed by atoms with E-state index < -0.39 is 34.7 Å². The molecule has 0 aliphatic heterocycles. The molecule has 2 aromatic rings. The summed E-state index contributed by atoms with van der Waals surface area (Å²) in [6, 6.07) is 8.40. The zero-order valence-electron chi connectivity index (χ0n) is 20.5. The molecule has 4 rings (SSSR count). The molecule has 1 nitrogen and oxygen atoms in total. The minimum Gasteiger partial charge on any atom is -0.231 e. The summed E-state index contributed by atoms with van der Waals surface area (Å²) in [6.45, 7) is 2.19. The van der Waals surface area contributed by atoms with Crippen LogP contribution in [0.4, 0.5) is 17.6 Å². The van der Waals surface area contributed by atoms with Crippen LogP contribution in [-0.2, 0) is 5.67 Å². The molecule has 2 aromatic carbocycles. The maximum absolute atomic E-state index is 17.1. The van der Waals surface area contributed by atoms with Gasteiger partial charge in [0.05, 0.1) is 5.16 Å². The summed E-state index contributed by atoms with van der Waals surface area (Å²) < 4.78 is 62.3. The lowest BCUT2D eigenvalue weighted by Gasteiger charge is -2.36. The van der Waals surface area contributed by atoms with E-state index in [0.717, 1.165) is 31.7 Å². The van der Waals surface area contributed by atoms with Crippen LogP contribution in [0.5, 0.6) is 0 Å². The van der Waals surface area contributed by atoms with E-state index in [9.17, 15) is 4.39 Å². The van der Waals surface area contributed by atoms with Gasteiger partial charge >= 0.3 is 0 Å². The first-order valence-corrected chi connectivity index (χ1v) is 13.2. The summed E-state index contributed by atoms with van der Waals surface area (Å²) in [5.74, 6) is -2.17. The number of thiocarbonyl (C=S) groups is 1. The largest absolute Gasteiger partial charge is 0.231 e. The number of benzene rings is 2. The second-order valence-electron chi connectivity index (χ2n) is 9.95. The fraction of sp³-hybridized carbons (Fsp3) is 0.433. The molecule has 2 atom stereocenters. The highest BCUT2D eigenvalue weighted by molar-refractivity contribution is 7.78. The quantitative estimate of drug-likeness (QED) is 0.148. The first-order valence-electron chi connectivity index (χ1n) is 12.8. The molecule has 0 bridgehead atoms. The maximum atomic E-state index is 17.1. The van der Waals surface area contributed by atoms with Gasteiger partial charge in [-0.3, -0.25) is 0 Å². The summed E-state index contributed by atoms with van der Waals surface area (Å²) in [5, 5.41) is 2.07. The predicted molar refractivity (Wildman–Crippen MR) is 140 cm³/mol. The molecule has 2 unspecified atom stereocenters. The Kier molecular flexibility index (Phi) is 8.58. The number of unbranched alkanes of at least 4 members (excludes halogenated alkanes) is 2. The van der Waals surface area contributed by atoms with Crippen molar-refractivity contribution < 1.29 is 17.6 Å². The Hall–Kier alpha value is -2.56. The highest BCUT2D eigenvalue weighted by Crippen LogP contribution is 2.49. The molecule has 0 saturated heterocycles. The van der Waals surface area contributed by atoms with Crippen LogP contribution in [0.25, 0.3) is 11.1 Å². The third-order valence-corrected chi connectivity index (χ3v) is 7.68. The molecular weight excluding hydrogens is 482 g/mol. The van der Waals surface area contributed by atoms with Crippen LogP contribution in [0, 0.1) is 23.5 Å². The van der Waals surface area contributed by atoms with Gasteiger partial charge < -0.3 is 0 Å². The SMILES string of the molecule is CCCCC[C@H]1CC[C@H](C2=CC(F)(c3c(F)cc(F)cc3-c3ccccc3)C(N=C=S)C(F)=C2)CC1. The molecule has 0 heterocycles. The van der Waals surface area contributed by atoms with Gasteiger partial charge in [0.1, 0.15) is 17.5 Å². The molecule has 0 N–H and O–H groups in total. The van der Waals surface area contributed by atoms with Crippen LogP contribution in [0.2, 0.25) is 0 Å². The summed E-state index contributed by atoms with van der Waals surface area (Å²) in [4.78, 5) is 3.77. The fourth-order valence-electron chi connectivity index (χ4n) is 5.73. The van der Waals surface area contributed by atoms with Crippen molar-refractivity contribution >= 4 is 17.4 Å². The van der Waals surface area contributed by atoms with E-state index in [1.54, 1.807) is 30.3 Å². The first-order chi connectivity index (χ1) is 17.4. The van der Waals surface area contributed by atoms with E-state index in [-0.39, 0.29) is 11.5 Å². The van der Waals surface area contributed by atoms with Crippen LogP contribution >= 0.6 is 12.2 Å². The Morgan fingerprint density at radius 3 is 2.42 bits per heavy atom. The van der Waals surface area contributed by atoms with Crippen LogP contribution in [-0.4, -0.2) is 11.2 Å². The molecule has 0 amide bonds.